The Hall–Kier alpha value is -2.53. The van der Waals surface area contributed by atoms with E-state index >= 15 is 0 Å². The van der Waals surface area contributed by atoms with Crippen molar-refractivity contribution in [2.45, 2.75) is 39.0 Å². The van der Waals surface area contributed by atoms with Gasteiger partial charge in [0.15, 0.2) is 5.13 Å². The van der Waals surface area contributed by atoms with Gasteiger partial charge in [0.05, 0.1) is 15.1 Å². The average molecular weight is 570 g/mol. The number of rotatable bonds is 7. The van der Waals surface area contributed by atoms with Gasteiger partial charge in [-0.2, -0.15) is 4.31 Å². The van der Waals surface area contributed by atoms with E-state index in [2.05, 4.69) is 54.9 Å². The number of sulfonamides is 1. The normalized spacial score (nSPS) is 21.4. The molecule has 39 heavy (non-hydrogen) atoms. The van der Waals surface area contributed by atoms with Crippen molar-refractivity contribution in [1.82, 2.24) is 19.5 Å². The zero-order valence-corrected chi connectivity index (χ0v) is 24.9. The number of nitrogens with zero attached hydrogens (tertiary/aromatic N) is 4. The van der Waals surface area contributed by atoms with Crippen LogP contribution in [0, 0.1) is 25.7 Å². The van der Waals surface area contributed by atoms with Crippen LogP contribution in [0.4, 0.5) is 5.13 Å². The van der Waals surface area contributed by atoms with Crippen LogP contribution in [0.5, 0.6) is 0 Å². The van der Waals surface area contributed by atoms with E-state index in [1.54, 1.807) is 39.9 Å². The number of aryl methyl sites for hydroxylation is 2. The molecule has 210 valence electrons. The van der Waals surface area contributed by atoms with Gasteiger partial charge in [-0.1, -0.05) is 31.3 Å². The summed E-state index contributed by atoms with van der Waals surface area (Å²) in [4.78, 5) is 22.5. The molecule has 5 rings (SSSR count). The third kappa shape index (κ3) is 6.29. The molecule has 3 aromatic rings. The molecule has 2 aliphatic heterocycles. The maximum absolute atomic E-state index is 13.1. The third-order valence-electron chi connectivity index (χ3n) is 7.75. The van der Waals surface area contributed by atoms with Crippen molar-refractivity contribution >= 4 is 42.6 Å². The summed E-state index contributed by atoms with van der Waals surface area (Å²) >= 11 is 1.77. The van der Waals surface area contributed by atoms with E-state index in [4.69, 9.17) is 4.98 Å². The van der Waals surface area contributed by atoms with Gasteiger partial charge in [-0.25, -0.2) is 13.4 Å². The van der Waals surface area contributed by atoms with E-state index < -0.39 is 10.0 Å². The van der Waals surface area contributed by atoms with Crippen LogP contribution in [-0.2, 0) is 10.0 Å². The van der Waals surface area contributed by atoms with Crippen molar-refractivity contribution in [3.8, 4) is 0 Å². The third-order valence-corrected chi connectivity index (χ3v) is 10.9. The minimum atomic E-state index is -3.55. The number of benzene rings is 2. The van der Waals surface area contributed by atoms with Gasteiger partial charge in [0.1, 0.15) is 0 Å². The molecule has 1 N–H and O–H groups in total. The van der Waals surface area contributed by atoms with Crippen molar-refractivity contribution in [2.24, 2.45) is 11.8 Å². The summed E-state index contributed by atoms with van der Waals surface area (Å²) in [5, 5.41) is 4.07. The van der Waals surface area contributed by atoms with Crippen LogP contribution in [0.15, 0.2) is 41.3 Å². The lowest BCUT2D eigenvalue weighted by Gasteiger charge is -2.34. The second kappa shape index (κ2) is 11.5. The first kappa shape index (κ1) is 28.0. The molecule has 0 bridgehead atoms. The van der Waals surface area contributed by atoms with E-state index in [-0.39, 0.29) is 10.8 Å². The number of nitrogens with one attached hydrogen (secondary N) is 1. The number of amides is 1. The Morgan fingerprint density at radius 1 is 1.03 bits per heavy atom. The summed E-state index contributed by atoms with van der Waals surface area (Å²) in [5.74, 6) is 0.508. The monoisotopic (exact) mass is 569 g/mol. The number of thiazole rings is 1. The maximum Gasteiger partial charge on any atom is 0.251 e. The summed E-state index contributed by atoms with van der Waals surface area (Å²) < 4.78 is 29.1. The fourth-order valence-corrected chi connectivity index (χ4v) is 8.57. The lowest BCUT2D eigenvalue weighted by Crippen LogP contribution is -2.48. The zero-order chi connectivity index (χ0) is 27.7. The highest BCUT2D eigenvalue weighted by molar-refractivity contribution is 7.89. The largest absolute Gasteiger partial charge is 0.351 e. The summed E-state index contributed by atoms with van der Waals surface area (Å²) in [5.41, 5.74) is 4.08. The number of piperidine rings is 1. The molecule has 2 fully saturated rings. The van der Waals surface area contributed by atoms with Crippen LogP contribution >= 0.6 is 11.3 Å². The Bertz CT molecular complexity index is 1420. The van der Waals surface area contributed by atoms with Gasteiger partial charge in [0.2, 0.25) is 10.0 Å². The first-order valence-electron chi connectivity index (χ1n) is 13.8. The number of carbonyl (C=O) groups is 1. The lowest BCUT2D eigenvalue weighted by molar-refractivity contribution is 0.0947. The molecule has 8 nitrogen and oxygen atoms in total. The summed E-state index contributed by atoms with van der Waals surface area (Å²) in [6.07, 6.45) is 1.05. The van der Waals surface area contributed by atoms with Crippen molar-refractivity contribution in [3.63, 3.8) is 0 Å². The SMILES string of the molecule is Cc1cc(C)c2sc(N3CCN(CCNC(=O)c4ccc(S(=O)(=O)N5CC(C)CC(C)C5)cc4)CC3)nc2c1. The molecular formula is C29H39N5O3S2. The first-order chi connectivity index (χ1) is 18.6. The molecule has 2 atom stereocenters. The van der Waals surface area contributed by atoms with Gasteiger partial charge < -0.3 is 10.2 Å². The van der Waals surface area contributed by atoms with Crippen LogP contribution in [0.1, 0.15) is 41.8 Å². The molecular weight excluding hydrogens is 530 g/mol. The van der Waals surface area contributed by atoms with E-state index in [0.717, 1.165) is 49.8 Å². The molecule has 2 aromatic carbocycles. The van der Waals surface area contributed by atoms with Gasteiger partial charge in [0.25, 0.3) is 5.91 Å². The molecule has 3 heterocycles. The second-order valence-corrected chi connectivity index (χ2v) is 14.2. The quantitative estimate of drug-likeness (QED) is 0.461. The maximum atomic E-state index is 13.1. The van der Waals surface area contributed by atoms with E-state index in [1.807, 2.05) is 0 Å². The number of carbonyl (C=O) groups excluding carboxylic acids is 1. The number of piperazine rings is 1. The topological polar surface area (TPSA) is 85.8 Å². The van der Waals surface area contributed by atoms with Gasteiger partial charge in [-0.3, -0.25) is 9.69 Å². The van der Waals surface area contributed by atoms with Crippen LogP contribution in [0.3, 0.4) is 0 Å². The molecule has 10 heteroatoms. The second-order valence-electron chi connectivity index (χ2n) is 11.3. The standard InChI is InChI=1S/C29H39N5O3S2/c1-20-16-23(4)27-26(17-20)31-29(38-27)33-13-11-32(12-14-33)10-9-30-28(35)24-5-7-25(8-6-24)39(36,37)34-18-21(2)15-22(3)19-34/h5-8,16-17,21-22H,9-15,18-19H2,1-4H3,(H,30,35). The molecule has 2 saturated heterocycles. The minimum Gasteiger partial charge on any atom is -0.351 e. The summed E-state index contributed by atoms with van der Waals surface area (Å²) in [7, 11) is -3.55. The molecule has 2 unspecified atom stereocenters. The van der Waals surface area contributed by atoms with Gasteiger partial charge in [-0.05, 0) is 73.6 Å². The van der Waals surface area contributed by atoms with Crippen LogP contribution in [0.25, 0.3) is 10.2 Å². The van der Waals surface area contributed by atoms with E-state index in [1.165, 1.54) is 15.8 Å². The molecule has 0 aliphatic carbocycles. The Kier molecular flexibility index (Phi) is 8.28. The minimum absolute atomic E-state index is 0.182. The Labute approximate surface area is 236 Å². The van der Waals surface area contributed by atoms with Crippen molar-refractivity contribution in [1.29, 1.82) is 0 Å². The van der Waals surface area contributed by atoms with E-state index in [9.17, 15) is 13.2 Å². The Morgan fingerprint density at radius 3 is 2.36 bits per heavy atom. The van der Waals surface area contributed by atoms with Gasteiger partial charge in [0, 0.05) is 57.9 Å². The van der Waals surface area contributed by atoms with Crippen molar-refractivity contribution < 1.29 is 13.2 Å². The predicted molar refractivity (Wildman–Crippen MR) is 158 cm³/mol. The highest BCUT2D eigenvalue weighted by Crippen LogP contribution is 2.32. The Morgan fingerprint density at radius 2 is 1.69 bits per heavy atom. The van der Waals surface area contributed by atoms with Crippen LogP contribution < -0.4 is 10.2 Å². The highest BCUT2D eigenvalue weighted by Gasteiger charge is 2.31. The predicted octanol–water partition coefficient (Wildman–Crippen LogP) is 4.13. The molecule has 0 spiro atoms. The molecule has 2 aliphatic rings. The molecule has 0 saturated carbocycles. The van der Waals surface area contributed by atoms with Crippen molar-refractivity contribution in [2.75, 3.05) is 57.3 Å². The van der Waals surface area contributed by atoms with Gasteiger partial charge in [-0.15, -0.1) is 0 Å². The number of hydrogen-bond acceptors (Lipinski definition) is 7. The highest BCUT2D eigenvalue weighted by atomic mass is 32.2. The number of hydrogen-bond donors (Lipinski definition) is 1. The zero-order valence-electron chi connectivity index (χ0n) is 23.3. The molecule has 1 aromatic heterocycles. The smallest absolute Gasteiger partial charge is 0.251 e. The number of anilines is 1. The fourth-order valence-electron chi connectivity index (χ4n) is 5.82. The van der Waals surface area contributed by atoms with Crippen LogP contribution in [0.2, 0.25) is 0 Å². The first-order valence-corrected chi connectivity index (χ1v) is 16.1. The van der Waals surface area contributed by atoms with E-state index in [0.29, 0.717) is 37.0 Å². The lowest BCUT2D eigenvalue weighted by atomic mass is 9.94. The van der Waals surface area contributed by atoms with Crippen molar-refractivity contribution in [3.05, 3.63) is 53.1 Å². The number of fused-ring (bicyclic) bond motifs is 1. The van der Waals surface area contributed by atoms with Crippen LogP contribution in [-0.4, -0.2) is 80.9 Å². The summed E-state index contributed by atoms with van der Waals surface area (Å²) in [6.45, 7) is 14.5. The fraction of sp³-hybridized carbons (Fsp3) is 0.517. The Balaban J connectivity index is 1.09. The molecule has 1 amide bonds. The number of aromatic nitrogens is 1. The molecule has 0 radical (unpaired) electrons. The van der Waals surface area contributed by atoms with Gasteiger partial charge >= 0.3 is 0 Å². The summed E-state index contributed by atoms with van der Waals surface area (Å²) in [6, 6.07) is 10.7. The average Bonchev–Trinajstić information content (AvgIpc) is 3.33.